The third kappa shape index (κ3) is 3.09. The van der Waals surface area contributed by atoms with E-state index in [0.717, 1.165) is 11.3 Å². The summed E-state index contributed by atoms with van der Waals surface area (Å²) in [4.78, 5) is 14.2. The van der Waals surface area contributed by atoms with Gasteiger partial charge in [-0.05, 0) is 46.2 Å². The van der Waals surface area contributed by atoms with Crippen LogP contribution < -0.4 is 4.74 Å². The standard InChI is InChI=1S/C19H27NO4/c1-6-22-16-9-7-8-13-14(16)11-23-19(5)12-20(10-15(13)19)17(21)24-18(2,3)4/h7-9,15H,6,10-12H2,1-5H3. The van der Waals surface area contributed by atoms with E-state index in [1.165, 1.54) is 5.56 Å². The van der Waals surface area contributed by atoms with Crippen molar-refractivity contribution in [2.75, 3.05) is 19.7 Å². The minimum Gasteiger partial charge on any atom is -0.493 e. The van der Waals surface area contributed by atoms with Crippen LogP contribution in [0.4, 0.5) is 4.79 Å². The number of fused-ring (bicyclic) bond motifs is 3. The third-order valence-electron chi connectivity index (χ3n) is 4.69. The maximum Gasteiger partial charge on any atom is 0.410 e. The fourth-order valence-corrected chi connectivity index (χ4v) is 3.60. The predicted molar refractivity (Wildman–Crippen MR) is 91.4 cm³/mol. The molecule has 24 heavy (non-hydrogen) atoms. The lowest BCUT2D eigenvalue weighted by atomic mass is 9.81. The molecule has 2 unspecified atom stereocenters. The second-order valence-corrected chi connectivity index (χ2v) is 7.77. The van der Waals surface area contributed by atoms with Crippen molar-refractivity contribution in [3.63, 3.8) is 0 Å². The van der Waals surface area contributed by atoms with E-state index in [1.807, 2.05) is 39.8 Å². The number of hydrogen-bond acceptors (Lipinski definition) is 4. The summed E-state index contributed by atoms with van der Waals surface area (Å²) in [5.41, 5.74) is 1.45. The molecule has 3 rings (SSSR count). The molecular weight excluding hydrogens is 306 g/mol. The second kappa shape index (κ2) is 5.96. The number of benzene rings is 1. The Kier molecular flexibility index (Phi) is 4.24. The smallest absolute Gasteiger partial charge is 0.410 e. The highest BCUT2D eigenvalue weighted by molar-refractivity contribution is 5.69. The van der Waals surface area contributed by atoms with Crippen LogP contribution in [0, 0.1) is 0 Å². The Bertz CT molecular complexity index is 637. The molecule has 1 amide bonds. The van der Waals surface area contributed by atoms with Crippen LogP contribution in [0.15, 0.2) is 18.2 Å². The van der Waals surface area contributed by atoms with Gasteiger partial charge in [0.25, 0.3) is 0 Å². The highest BCUT2D eigenvalue weighted by Crippen LogP contribution is 2.46. The van der Waals surface area contributed by atoms with E-state index < -0.39 is 5.60 Å². The van der Waals surface area contributed by atoms with Crippen molar-refractivity contribution in [2.24, 2.45) is 0 Å². The van der Waals surface area contributed by atoms with Crippen molar-refractivity contribution >= 4 is 6.09 Å². The number of nitrogens with zero attached hydrogens (tertiary/aromatic N) is 1. The monoisotopic (exact) mass is 333 g/mol. The quantitative estimate of drug-likeness (QED) is 0.828. The van der Waals surface area contributed by atoms with Crippen molar-refractivity contribution in [3.05, 3.63) is 29.3 Å². The molecule has 0 N–H and O–H groups in total. The Hall–Kier alpha value is -1.75. The van der Waals surface area contributed by atoms with Crippen molar-refractivity contribution in [1.29, 1.82) is 0 Å². The van der Waals surface area contributed by atoms with E-state index in [2.05, 4.69) is 13.0 Å². The van der Waals surface area contributed by atoms with Gasteiger partial charge >= 0.3 is 6.09 Å². The molecule has 0 radical (unpaired) electrons. The fourth-order valence-electron chi connectivity index (χ4n) is 3.60. The molecule has 1 aromatic carbocycles. The van der Waals surface area contributed by atoms with Gasteiger partial charge in [0.1, 0.15) is 11.4 Å². The lowest BCUT2D eigenvalue weighted by Crippen LogP contribution is -2.41. The number of carbonyl (C=O) groups is 1. The van der Waals surface area contributed by atoms with Crippen LogP contribution in [0.3, 0.4) is 0 Å². The lowest BCUT2D eigenvalue weighted by molar-refractivity contribution is -0.0583. The maximum absolute atomic E-state index is 12.5. The Labute approximate surface area is 143 Å². The van der Waals surface area contributed by atoms with E-state index in [4.69, 9.17) is 14.2 Å². The summed E-state index contributed by atoms with van der Waals surface area (Å²) in [6, 6.07) is 6.13. The van der Waals surface area contributed by atoms with Gasteiger partial charge in [0.2, 0.25) is 0 Å². The van der Waals surface area contributed by atoms with Crippen LogP contribution in [-0.4, -0.2) is 41.9 Å². The van der Waals surface area contributed by atoms with Crippen molar-refractivity contribution in [1.82, 2.24) is 4.90 Å². The summed E-state index contributed by atoms with van der Waals surface area (Å²) in [7, 11) is 0. The first-order valence-electron chi connectivity index (χ1n) is 8.60. The molecule has 0 aromatic heterocycles. The number of amides is 1. The van der Waals surface area contributed by atoms with Crippen LogP contribution in [0.1, 0.15) is 51.7 Å². The van der Waals surface area contributed by atoms with Gasteiger partial charge in [-0.2, -0.15) is 0 Å². The normalized spacial score (nSPS) is 25.9. The molecule has 1 aromatic rings. The van der Waals surface area contributed by atoms with E-state index in [0.29, 0.717) is 26.3 Å². The molecule has 0 bridgehead atoms. The molecule has 0 saturated carbocycles. The molecule has 0 spiro atoms. The van der Waals surface area contributed by atoms with Gasteiger partial charge in [0.05, 0.1) is 25.4 Å². The number of hydrogen-bond donors (Lipinski definition) is 0. The zero-order chi connectivity index (χ0) is 17.5. The van der Waals surface area contributed by atoms with Gasteiger partial charge in [-0.15, -0.1) is 0 Å². The van der Waals surface area contributed by atoms with E-state index in [-0.39, 0.29) is 17.6 Å². The molecule has 2 aliphatic rings. The van der Waals surface area contributed by atoms with Gasteiger partial charge in [-0.1, -0.05) is 12.1 Å². The Morgan fingerprint density at radius 3 is 2.83 bits per heavy atom. The number of ether oxygens (including phenoxy) is 3. The van der Waals surface area contributed by atoms with Gasteiger partial charge < -0.3 is 19.1 Å². The van der Waals surface area contributed by atoms with Gasteiger partial charge in [0.15, 0.2) is 0 Å². The topological polar surface area (TPSA) is 48.0 Å². The molecule has 132 valence electrons. The first-order chi connectivity index (χ1) is 11.2. The van der Waals surface area contributed by atoms with Crippen LogP contribution >= 0.6 is 0 Å². The second-order valence-electron chi connectivity index (χ2n) is 7.77. The SMILES string of the molecule is CCOc1cccc2c1COC1(C)CN(C(=O)OC(C)(C)C)CC21. The number of likely N-dealkylation sites (tertiary alicyclic amines) is 1. The summed E-state index contributed by atoms with van der Waals surface area (Å²) in [6.07, 6.45) is -0.274. The summed E-state index contributed by atoms with van der Waals surface area (Å²) in [6.45, 7) is 12.0. The zero-order valence-electron chi connectivity index (χ0n) is 15.2. The van der Waals surface area contributed by atoms with Gasteiger partial charge in [0, 0.05) is 18.0 Å². The lowest BCUT2D eigenvalue weighted by Gasteiger charge is -2.37. The number of rotatable bonds is 2. The van der Waals surface area contributed by atoms with Crippen molar-refractivity contribution in [3.8, 4) is 5.75 Å². The maximum atomic E-state index is 12.5. The average Bonchev–Trinajstić information content (AvgIpc) is 2.84. The molecule has 0 aliphatic carbocycles. The van der Waals surface area contributed by atoms with Gasteiger partial charge in [-0.25, -0.2) is 4.79 Å². The summed E-state index contributed by atoms with van der Waals surface area (Å²) in [5.74, 6) is 1.02. The van der Waals surface area contributed by atoms with Crippen molar-refractivity contribution < 1.29 is 19.0 Å². The van der Waals surface area contributed by atoms with Gasteiger partial charge in [-0.3, -0.25) is 0 Å². The molecule has 1 saturated heterocycles. The molecule has 1 fully saturated rings. The number of carbonyl (C=O) groups excluding carboxylic acids is 1. The molecule has 5 heteroatoms. The summed E-state index contributed by atoms with van der Waals surface area (Å²) >= 11 is 0. The average molecular weight is 333 g/mol. The highest BCUT2D eigenvalue weighted by Gasteiger charge is 2.50. The molecular formula is C19H27NO4. The van der Waals surface area contributed by atoms with Crippen molar-refractivity contribution in [2.45, 2.75) is 58.3 Å². The third-order valence-corrected chi connectivity index (χ3v) is 4.69. The largest absolute Gasteiger partial charge is 0.493 e. The van der Waals surface area contributed by atoms with E-state index in [1.54, 1.807) is 4.90 Å². The van der Waals surface area contributed by atoms with Crippen LogP contribution in [0.5, 0.6) is 5.75 Å². The minimum atomic E-state index is -0.493. The molecule has 2 atom stereocenters. The van der Waals surface area contributed by atoms with E-state index in [9.17, 15) is 4.79 Å². The Morgan fingerprint density at radius 1 is 1.42 bits per heavy atom. The van der Waals surface area contributed by atoms with Crippen LogP contribution in [0.25, 0.3) is 0 Å². The summed E-state index contributed by atoms with van der Waals surface area (Å²) < 4.78 is 17.5. The summed E-state index contributed by atoms with van der Waals surface area (Å²) in [5, 5.41) is 0. The molecule has 2 heterocycles. The van der Waals surface area contributed by atoms with Crippen LogP contribution in [0.2, 0.25) is 0 Å². The predicted octanol–water partition coefficient (Wildman–Crippen LogP) is 3.71. The highest BCUT2D eigenvalue weighted by atomic mass is 16.6. The zero-order valence-corrected chi connectivity index (χ0v) is 15.2. The Morgan fingerprint density at radius 2 is 2.17 bits per heavy atom. The first-order valence-corrected chi connectivity index (χ1v) is 8.60. The molecule has 5 nitrogen and oxygen atoms in total. The minimum absolute atomic E-state index is 0.133. The van der Waals surface area contributed by atoms with Crippen LogP contribution in [-0.2, 0) is 16.1 Å². The fraction of sp³-hybridized carbons (Fsp3) is 0.632. The molecule has 2 aliphatic heterocycles. The van der Waals surface area contributed by atoms with E-state index >= 15 is 0 Å². The first kappa shape index (κ1) is 17.1. The Balaban J connectivity index is 1.86.